The molecule has 0 spiro atoms. The Morgan fingerprint density at radius 1 is 1.29 bits per heavy atom. The highest BCUT2D eigenvalue weighted by Crippen LogP contribution is 2.28. The molecule has 2 aliphatic rings. The highest BCUT2D eigenvalue weighted by molar-refractivity contribution is 6.02. The van der Waals surface area contributed by atoms with E-state index in [1.807, 2.05) is 6.07 Å². The summed E-state index contributed by atoms with van der Waals surface area (Å²) >= 11 is 0. The minimum atomic E-state index is -0.0439. The zero-order valence-corrected chi connectivity index (χ0v) is 12.4. The Morgan fingerprint density at radius 3 is 2.81 bits per heavy atom. The van der Waals surface area contributed by atoms with Crippen LogP contribution in [0.3, 0.4) is 0 Å². The zero-order valence-electron chi connectivity index (χ0n) is 12.4. The summed E-state index contributed by atoms with van der Waals surface area (Å²) in [7, 11) is 0. The Labute approximate surface area is 125 Å². The number of nitrogens with one attached hydrogen (secondary N) is 2. The predicted octanol–water partition coefficient (Wildman–Crippen LogP) is 2.74. The van der Waals surface area contributed by atoms with Gasteiger partial charge in [0.05, 0.1) is 6.42 Å². The Bertz CT molecular complexity index is 560. The Balaban J connectivity index is 1.56. The van der Waals surface area contributed by atoms with Crippen molar-refractivity contribution in [2.24, 2.45) is 11.8 Å². The molecule has 1 saturated carbocycles. The van der Waals surface area contributed by atoms with Crippen molar-refractivity contribution in [2.75, 3.05) is 11.9 Å². The van der Waals surface area contributed by atoms with Crippen LogP contribution in [0.15, 0.2) is 18.2 Å². The lowest BCUT2D eigenvalue weighted by molar-refractivity contribution is -0.115. The van der Waals surface area contributed by atoms with Crippen LogP contribution in [0.4, 0.5) is 5.69 Å². The molecule has 3 rings (SSSR count). The molecule has 0 unspecified atom stereocenters. The molecule has 1 aromatic rings. The smallest absolute Gasteiger partial charge is 0.251 e. The van der Waals surface area contributed by atoms with E-state index in [0.717, 1.165) is 23.7 Å². The van der Waals surface area contributed by atoms with Crippen molar-refractivity contribution >= 4 is 17.5 Å². The predicted molar refractivity (Wildman–Crippen MR) is 82.2 cm³/mol. The maximum Gasteiger partial charge on any atom is 0.251 e. The molecule has 0 radical (unpaired) electrons. The van der Waals surface area contributed by atoms with Crippen molar-refractivity contribution < 1.29 is 9.59 Å². The van der Waals surface area contributed by atoms with Gasteiger partial charge in [0.2, 0.25) is 5.91 Å². The van der Waals surface area contributed by atoms with Gasteiger partial charge in [0, 0.05) is 17.8 Å². The summed E-state index contributed by atoms with van der Waals surface area (Å²) in [6.07, 6.45) is 5.37. The van der Waals surface area contributed by atoms with Gasteiger partial charge < -0.3 is 10.6 Å². The topological polar surface area (TPSA) is 58.2 Å². The highest BCUT2D eigenvalue weighted by Gasteiger charge is 2.21. The molecule has 1 fully saturated rings. The van der Waals surface area contributed by atoms with Crippen molar-refractivity contribution in [3.8, 4) is 0 Å². The lowest BCUT2D eigenvalue weighted by Gasteiger charge is -2.26. The third kappa shape index (κ3) is 3.26. The fourth-order valence-corrected chi connectivity index (χ4v) is 3.23. The second kappa shape index (κ2) is 5.88. The van der Waals surface area contributed by atoms with E-state index >= 15 is 0 Å². The number of anilines is 1. The molecule has 0 bridgehead atoms. The minimum Gasteiger partial charge on any atom is -0.352 e. The van der Waals surface area contributed by atoms with Gasteiger partial charge in [-0.25, -0.2) is 0 Å². The van der Waals surface area contributed by atoms with E-state index in [1.54, 1.807) is 12.1 Å². The molecule has 1 aliphatic carbocycles. The normalized spacial score (nSPS) is 24.3. The van der Waals surface area contributed by atoms with Crippen LogP contribution in [0.25, 0.3) is 0 Å². The Morgan fingerprint density at radius 2 is 2.05 bits per heavy atom. The molecule has 1 heterocycles. The number of fused-ring (bicyclic) bond motifs is 1. The van der Waals surface area contributed by atoms with Crippen molar-refractivity contribution in [3.63, 3.8) is 0 Å². The fraction of sp³-hybridized carbons (Fsp3) is 0.529. The third-order valence-electron chi connectivity index (χ3n) is 4.68. The monoisotopic (exact) mass is 286 g/mol. The number of rotatable bonds is 3. The Kier molecular flexibility index (Phi) is 3.95. The van der Waals surface area contributed by atoms with Crippen LogP contribution in [-0.2, 0) is 11.2 Å². The summed E-state index contributed by atoms with van der Waals surface area (Å²) < 4.78 is 0. The maximum absolute atomic E-state index is 12.2. The van der Waals surface area contributed by atoms with Gasteiger partial charge in [-0.05, 0) is 42.4 Å². The summed E-state index contributed by atoms with van der Waals surface area (Å²) in [5.41, 5.74) is 2.37. The third-order valence-corrected chi connectivity index (χ3v) is 4.68. The average Bonchev–Trinajstić information content (AvgIpc) is 2.85. The fourth-order valence-electron chi connectivity index (χ4n) is 3.23. The molecule has 1 aliphatic heterocycles. The molecule has 2 N–H and O–H groups in total. The van der Waals surface area contributed by atoms with Crippen molar-refractivity contribution in [2.45, 2.75) is 39.0 Å². The number of benzene rings is 1. The molecular weight excluding hydrogens is 264 g/mol. The first-order valence-electron chi connectivity index (χ1n) is 7.83. The van der Waals surface area contributed by atoms with E-state index < -0.39 is 0 Å². The summed E-state index contributed by atoms with van der Waals surface area (Å²) in [5, 5.41) is 5.82. The lowest BCUT2D eigenvalue weighted by Crippen LogP contribution is -2.31. The van der Waals surface area contributed by atoms with E-state index in [1.165, 1.54) is 25.7 Å². The van der Waals surface area contributed by atoms with E-state index in [4.69, 9.17) is 0 Å². The molecule has 112 valence electrons. The SMILES string of the molecule is CC1CCC(CNC(=O)c2ccc3c(c2)NC(=O)C3)CC1. The number of carbonyl (C=O) groups is 2. The number of hydrogen-bond acceptors (Lipinski definition) is 2. The summed E-state index contributed by atoms with van der Waals surface area (Å²) in [5.74, 6) is 1.40. The second-order valence-corrected chi connectivity index (χ2v) is 6.43. The van der Waals surface area contributed by atoms with Gasteiger partial charge >= 0.3 is 0 Å². The summed E-state index contributed by atoms with van der Waals surface area (Å²) in [6, 6.07) is 5.44. The largest absolute Gasteiger partial charge is 0.352 e. The van der Waals surface area contributed by atoms with Gasteiger partial charge in [0.25, 0.3) is 5.91 Å². The molecule has 4 heteroatoms. The van der Waals surface area contributed by atoms with Crippen molar-refractivity contribution in [1.82, 2.24) is 5.32 Å². The molecule has 1 aromatic carbocycles. The van der Waals surface area contributed by atoms with E-state index in [2.05, 4.69) is 17.6 Å². The first-order valence-corrected chi connectivity index (χ1v) is 7.83. The maximum atomic E-state index is 12.2. The standard InChI is InChI=1S/C17H22N2O2/c1-11-2-4-12(5-3-11)10-18-17(21)14-7-6-13-9-16(20)19-15(13)8-14/h6-8,11-12H,2-5,9-10H2,1H3,(H,18,21)(H,19,20). The van der Waals surface area contributed by atoms with E-state index in [9.17, 15) is 9.59 Å². The van der Waals surface area contributed by atoms with Crippen LogP contribution in [0.5, 0.6) is 0 Å². The highest BCUT2D eigenvalue weighted by atomic mass is 16.2. The molecule has 2 amide bonds. The molecule has 0 saturated heterocycles. The van der Waals surface area contributed by atoms with Gasteiger partial charge in [0.1, 0.15) is 0 Å². The Hall–Kier alpha value is -1.84. The average molecular weight is 286 g/mol. The molecule has 0 aromatic heterocycles. The molecule has 21 heavy (non-hydrogen) atoms. The molecular formula is C17H22N2O2. The van der Waals surface area contributed by atoms with Crippen molar-refractivity contribution in [1.29, 1.82) is 0 Å². The summed E-state index contributed by atoms with van der Waals surface area (Å²) in [6.45, 7) is 3.06. The van der Waals surface area contributed by atoms with Crippen LogP contribution in [0, 0.1) is 11.8 Å². The van der Waals surface area contributed by atoms with Crippen LogP contribution in [0.2, 0.25) is 0 Å². The zero-order chi connectivity index (χ0) is 14.8. The first-order chi connectivity index (χ1) is 10.1. The van der Waals surface area contributed by atoms with Gasteiger partial charge in [-0.1, -0.05) is 25.8 Å². The molecule has 4 nitrogen and oxygen atoms in total. The number of carbonyl (C=O) groups excluding carboxylic acids is 2. The van der Waals surface area contributed by atoms with Crippen LogP contribution < -0.4 is 10.6 Å². The summed E-state index contributed by atoms with van der Waals surface area (Å²) in [4.78, 5) is 23.5. The van der Waals surface area contributed by atoms with Crippen molar-refractivity contribution in [3.05, 3.63) is 29.3 Å². The van der Waals surface area contributed by atoms with Crippen LogP contribution in [0.1, 0.15) is 48.5 Å². The quantitative estimate of drug-likeness (QED) is 0.897. The molecule has 0 atom stereocenters. The van der Waals surface area contributed by atoms with E-state index in [0.29, 0.717) is 17.9 Å². The van der Waals surface area contributed by atoms with Gasteiger partial charge in [-0.15, -0.1) is 0 Å². The van der Waals surface area contributed by atoms with Crippen LogP contribution in [-0.4, -0.2) is 18.4 Å². The second-order valence-electron chi connectivity index (χ2n) is 6.43. The first kappa shape index (κ1) is 14.1. The number of amides is 2. The number of hydrogen-bond donors (Lipinski definition) is 2. The van der Waals surface area contributed by atoms with Gasteiger partial charge in [-0.2, -0.15) is 0 Å². The minimum absolute atomic E-state index is 0.00103. The van der Waals surface area contributed by atoms with Gasteiger partial charge in [0.15, 0.2) is 0 Å². The van der Waals surface area contributed by atoms with E-state index in [-0.39, 0.29) is 11.8 Å². The lowest BCUT2D eigenvalue weighted by atomic mass is 9.83. The van der Waals surface area contributed by atoms with Crippen LogP contribution >= 0.6 is 0 Å². The van der Waals surface area contributed by atoms with Gasteiger partial charge in [-0.3, -0.25) is 9.59 Å².